The van der Waals surface area contributed by atoms with E-state index in [2.05, 4.69) is 12.2 Å². The van der Waals surface area contributed by atoms with Crippen LogP contribution in [0.3, 0.4) is 0 Å². The van der Waals surface area contributed by atoms with E-state index in [1.165, 1.54) is 19.2 Å². The first-order chi connectivity index (χ1) is 10.5. The van der Waals surface area contributed by atoms with Crippen molar-refractivity contribution in [2.75, 3.05) is 39.2 Å². The first kappa shape index (κ1) is 16.5. The van der Waals surface area contributed by atoms with E-state index >= 15 is 0 Å². The summed E-state index contributed by atoms with van der Waals surface area (Å²) in [7, 11) is 3.10. The number of piperidine rings is 1. The number of methoxy groups -OCH3 is 2. The van der Waals surface area contributed by atoms with E-state index in [4.69, 9.17) is 9.47 Å². The molecule has 1 aromatic carbocycles. The summed E-state index contributed by atoms with van der Waals surface area (Å²) in [5.41, 5.74) is 0.547. The summed E-state index contributed by atoms with van der Waals surface area (Å²) in [6.07, 6.45) is 1.79. The number of benzene rings is 1. The number of carbonyl (C=O) groups is 1. The molecule has 0 unspecified atom stereocenters. The fourth-order valence-electron chi connectivity index (χ4n) is 2.69. The highest BCUT2D eigenvalue weighted by atomic mass is 19.1. The van der Waals surface area contributed by atoms with E-state index in [9.17, 15) is 9.18 Å². The molecule has 0 bridgehead atoms. The third-order valence-electron chi connectivity index (χ3n) is 4.15. The van der Waals surface area contributed by atoms with E-state index in [1.807, 2.05) is 0 Å². The number of nitrogens with one attached hydrogen (secondary N) is 1. The predicted molar refractivity (Wildman–Crippen MR) is 82.8 cm³/mol. The molecule has 1 heterocycles. The van der Waals surface area contributed by atoms with Crippen molar-refractivity contribution in [2.45, 2.75) is 19.8 Å². The number of likely N-dealkylation sites (tertiary alicyclic amines) is 1. The molecule has 0 spiro atoms. The largest absolute Gasteiger partial charge is 0.494 e. The van der Waals surface area contributed by atoms with Gasteiger partial charge in [0.15, 0.2) is 11.6 Å². The minimum absolute atomic E-state index is 0.123. The number of nitrogens with zero attached hydrogens (tertiary/aromatic N) is 1. The number of amides is 2. The minimum Gasteiger partial charge on any atom is -0.494 e. The van der Waals surface area contributed by atoms with Gasteiger partial charge in [0.25, 0.3) is 0 Å². The van der Waals surface area contributed by atoms with Gasteiger partial charge in [-0.25, -0.2) is 9.18 Å². The molecule has 0 radical (unpaired) electrons. The monoisotopic (exact) mass is 310 g/mol. The van der Waals surface area contributed by atoms with Crippen LogP contribution in [0.25, 0.3) is 0 Å². The highest BCUT2D eigenvalue weighted by molar-refractivity contribution is 5.89. The van der Waals surface area contributed by atoms with Crippen LogP contribution in [0.1, 0.15) is 19.8 Å². The lowest BCUT2D eigenvalue weighted by molar-refractivity contribution is 0.0452. The first-order valence-corrected chi connectivity index (χ1v) is 7.36. The maximum Gasteiger partial charge on any atom is 0.321 e. The smallest absolute Gasteiger partial charge is 0.321 e. The number of ether oxygens (including phenoxy) is 2. The fourth-order valence-corrected chi connectivity index (χ4v) is 2.69. The molecule has 6 heteroatoms. The molecule has 1 aromatic rings. The fraction of sp³-hybridized carbons (Fsp3) is 0.562. The van der Waals surface area contributed by atoms with Crippen LogP contribution in [-0.4, -0.2) is 44.8 Å². The lowest BCUT2D eigenvalue weighted by Gasteiger charge is -2.38. The summed E-state index contributed by atoms with van der Waals surface area (Å²) in [5, 5.41) is 2.72. The van der Waals surface area contributed by atoms with Crippen molar-refractivity contribution in [3.63, 3.8) is 0 Å². The number of halogens is 1. The Kier molecular flexibility index (Phi) is 5.24. The standard InChI is InChI=1S/C16H23FN2O3/c1-16(11-21-2)6-8-19(9-7-16)15(20)18-12-4-5-14(22-3)13(17)10-12/h4-5,10H,6-9,11H2,1-3H3,(H,18,20). The second-order valence-electron chi connectivity index (χ2n) is 6.01. The van der Waals surface area contributed by atoms with Crippen molar-refractivity contribution in [1.82, 2.24) is 4.90 Å². The van der Waals surface area contributed by atoms with Gasteiger partial charge in [-0.05, 0) is 30.4 Å². The molecule has 1 aliphatic rings. The summed E-state index contributed by atoms with van der Waals surface area (Å²) in [5.74, 6) is -0.335. The molecule has 2 amide bonds. The van der Waals surface area contributed by atoms with E-state index in [0.717, 1.165) is 12.8 Å². The predicted octanol–water partition coefficient (Wildman–Crippen LogP) is 3.11. The Bertz CT molecular complexity index is 528. The van der Waals surface area contributed by atoms with Gasteiger partial charge in [-0.15, -0.1) is 0 Å². The van der Waals surface area contributed by atoms with Crippen LogP contribution in [0.2, 0.25) is 0 Å². The molecule has 0 saturated carbocycles. The maximum atomic E-state index is 13.6. The van der Waals surface area contributed by atoms with Gasteiger partial charge < -0.3 is 19.7 Å². The van der Waals surface area contributed by atoms with Gasteiger partial charge in [-0.3, -0.25) is 0 Å². The summed E-state index contributed by atoms with van der Waals surface area (Å²) in [6, 6.07) is 4.18. The Labute approximate surface area is 130 Å². The Balaban J connectivity index is 1.92. The average Bonchev–Trinajstić information content (AvgIpc) is 2.48. The third kappa shape index (κ3) is 3.88. The molecule has 1 saturated heterocycles. The number of carbonyl (C=O) groups excluding carboxylic acids is 1. The minimum atomic E-state index is -0.494. The second-order valence-corrected chi connectivity index (χ2v) is 6.01. The summed E-state index contributed by atoms with van der Waals surface area (Å²) < 4.78 is 23.7. The van der Waals surface area contributed by atoms with Crippen molar-refractivity contribution < 1.29 is 18.7 Å². The van der Waals surface area contributed by atoms with E-state index in [-0.39, 0.29) is 17.2 Å². The van der Waals surface area contributed by atoms with E-state index < -0.39 is 5.82 Å². The van der Waals surface area contributed by atoms with Crippen LogP contribution in [-0.2, 0) is 4.74 Å². The van der Waals surface area contributed by atoms with Crippen LogP contribution in [0.5, 0.6) is 5.75 Å². The molecule has 22 heavy (non-hydrogen) atoms. The van der Waals surface area contributed by atoms with Crippen molar-refractivity contribution >= 4 is 11.7 Å². The molecule has 0 atom stereocenters. The van der Waals surface area contributed by atoms with Crippen LogP contribution < -0.4 is 10.1 Å². The highest BCUT2D eigenvalue weighted by Crippen LogP contribution is 2.31. The molecule has 0 aliphatic carbocycles. The summed E-state index contributed by atoms with van der Waals surface area (Å²) >= 11 is 0. The van der Waals surface area contributed by atoms with Gasteiger partial charge in [-0.2, -0.15) is 0 Å². The van der Waals surface area contributed by atoms with Gasteiger partial charge in [0.05, 0.1) is 13.7 Å². The third-order valence-corrected chi connectivity index (χ3v) is 4.15. The van der Waals surface area contributed by atoms with Gasteiger partial charge >= 0.3 is 6.03 Å². The Morgan fingerprint density at radius 3 is 2.59 bits per heavy atom. The van der Waals surface area contributed by atoms with Crippen LogP contribution in [0.15, 0.2) is 18.2 Å². The van der Waals surface area contributed by atoms with Gasteiger partial charge in [0.2, 0.25) is 0 Å². The lowest BCUT2D eigenvalue weighted by atomic mass is 9.81. The van der Waals surface area contributed by atoms with Crippen LogP contribution in [0.4, 0.5) is 14.9 Å². The lowest BCUT2D eigenvalue weighted by Crippen LogP contribution is -2.45. The quantitative estimate of drug-likeness (QED) is 0.929. The van der Waals surface area contributed by atoms with Gasteiger partial charge in [0, 0.05) is 32.0 Å². The van der Waals surface area contributed by atoms with Crippen molar-refractivity contribution in [3.05, 3.63) is 24.0 Å². The van der Waals surface area contributed by atoms with Crippen molar-refractivity contribution in [3.8, 4) is 5.75 Å². The summed E-state index contributed by atoms with van der Waals surface area (Å²) in [4.78, 5) is 14.0. The molecule has 1 N–H and O–H groups in total. The molecule has 1 fully saturated rings. The molecule has 0 aromatic heterocycles. The molecule has 5 nitrogen and oxygen atoms in total. The zero-order chi connectivity index (χ0) is 16.2. The number of anilines is 1. The Morgan fingerprint density at radius 1 is 1.36 bits per heavy atom. The number of hydrogen-bond acceptors (Lipinski definition) is 3. The topological polar surface area (TPSA) is 50.8 Å². The number of hydrogen-bond donors (Lipinski definition) is 1. The van der Waals surface area contributed by atoms with Crippen LogP contribution >= 0.6 is 0 Å². The second kappa shape index (κ2) is 6.96. The number of urea groups is 1. The molecule has 2 rings (SSSR count). The Morgan fingerprint density at radius 2 is 2.05 bits per heavy atom. The zero-order valence-corrected chi connectivity index (χ0v) is 13.3. The average molecular weight is 310 g/mol. The maximum absolute atomic E-state index is 13.6. The number of rotatable bonds is 4. The zero-order valence-electron chi connectivity index (χ0n) is 13.3. The normalized spacial score (nSPS) is 17.2. The molecule has 1 aliphatic heterocycles. The van der Waals surface area contributed by atoms with Gasteiger partial charge in [0.1, 0.15) is 0 Å². The Hall–Kier alpha value is -1.82. The molecular formula is C16H23FN2O3. The van der Waals surface area contributed by atoms with E-state index in [1.54, 1.807) is 18.1 Å². The summed E-state index contributed by atoms with van der Waals surface area (Å²) in [6.45, 7) is 4.21. The van der Waals surface area contributed by atoms with Gasteiger partial charge in [-0.1, -0.05) is 6.92 Å². The van der Waals surface area contributed by atoms with Crippen molar-refractivity contribution in [1.29, 1.82) is 0 Å². The van der Waals surface area contributed by atoms with E-state index in [0.29, 0.717) is 25.4 Å². The SMILES string of the molecule is COCC1(C)CCN(C(=O)Nc2ccc(OC)c(F)c2)CC1. The molecule has 122 valence electrons. The highest BCUT2D eigenvalue weighted by Gasteiger charge is 2.31. The molecular weight excluding hydrogens is 287 g/mol. The first-order valence-electron chi connectivity index (χ1n) is 7.36. The van der Waals surface area contributed by atoms with Crippen molar-refractivity contribution in [2.24, 2.45) is 5.41 Å². The van der Waals surface area contributed by atoms with Crippen LogP contribution in [0, 0.1) is 11.2 Å².